The normalized spacial score (nSPS) is 19.1. The van der Waals surface area contributed by atoms with Crippen LogP contribution in [0.2, 0.25) is 0 Å². The maximum absolute atomic E-state index is 12.0. The van der Waals surface area contributed by atoms with Gasteiger partial charge in [0, 0.05) is 19.6 Å². The lowest BCUT2D eigenvalue weighted by Gasteiger charge is -2.40. The second kappa shape index (κ2) is 5.02. The van der Waals surface area contributed by atoms with Crippen molar-refractivity contribution < 1.29 is 9.53 Å². The summed E-state index contributed by atoms with van der Waals surface area (Å²) in [6, 6.07) is 0.278. The van der Waals surface area contributed by atoms with Gasteiger partial charge in [-0.3, -0.25) is 4.68 Å². The minimum absolute atomic E-state index is 0.227. The van der Waals surface area contributed by atoms with E-state index in [-0.39, 0.29) is 12.1 Å². The van der Waals surface area contributed by atoms with Gasteiger partial charge >= 0.3 is 6.09 Å². The maximum Gasteiger partial charge on any atom is 0.410 e. The largest absolute Gasteiger partial charge is 0.444 e. The first-order valence-electron chi connectivity index (χ1n) is 7.60. The Bertz CT molecular complexity index is 553. The van der Waals surface area contributed by atoms with E-state index in [1.54, 1.807) is 4.90 Å². The van der Waals surface area contributed by atoms with E-state index < -0.39 is 5.60 Å². The van der Waals surface area contributed by atoms with E-state index in [1.165, 1.54) is 11.3 Å². The average Bonchev–Trinajstić information content (AvgIpc) is 2.64. The average molecular weight is 292 g/mol. The van der Waals surface area contributed by atoms with Crippen LogP contribution in [0.4, 0.5) is 4.79 Å². The number of amides is 1. The van der Waals surface area contributed by atoms with Crippen molar-refractivity contribution in [2.75, 3.05) is 19.6 Å². The van der Waals surface area contributed by atoms with Crippen LogP contribution in [-0.2, 0) is 17.7 Å². The van der Waals surface area contributed by atoms with E-state index in [2.05, 4.69) is 22.0 Å². The minimum atomic E-state index is -0.437. The predicted molar refractivity (Wildman–Crippen MR) is 79.2 cm³/mol. The van der Waals surface area contributed by atoms with Gasteiger partial charge in [-0.05, 0) is 46.2 Å². The summed E-state index contributed by atoms with van der Waals surface area (Å²) in [7, 11) is 0. The van der Waals surface area contributed by atoms with E-state index in [0.717, 1.165) is 25.2 Å². The number of likely N-dealkylation sites (tertiary alicyclic amines) is 1. The van der Waals surface area contributed by atoms with E-state index in [9.17, 15) is 4.79 Å². The van der Waals surface area contributed by atoms with Crippen molar-refractivity contribution in [3.8, 4) is 0 Å². The van der Waals surface area contributed by atoms with Crippen LogP contribution >= 0.6 is 0 Å². The summed E-state index contributed by atoms with van der Waals surface area (Å²) in [5.74, 6) is 0. The molecule has 2 aliphatic heterocycles. The van der Waals surface area contributed by atoms with Crippen LogP contribution < -0.4 is 5.32 Å². The zero-order valence-corrected chi connectivity index (χ0v) is 13.3. The molecule has 116 valence electrons. The lowest BCUT2D eigenvalue weighted by atomic mass is 10.0. The van der Waals surface area contributed by atoms with E-state index in [1.807, 2.05) is 20.8 Å². The highest BCUT2D eigenvalue weighted by Crippen LogP contribution is 2.28. The Labute approximate surface area is 125 Å². The van der Waals surface area contributed by atoms with Gasteiger partial charge in [-0.1, -0.05) is 0 Å². The van der Waals surface area contributed by atoms with Crippen molar-refractivity contribution in [1.82, 2.24) is 20.0 Å². The molecule has 0 saturated carbocycles. The van der Waals surface area contributed by atoms with Gasteiger partial charge in [0.2, 0.25) is 0 Å². The molecule has 0 bridgehead atoms. The zero-order valence-electron chi connectivity index (χ0n) is 13.3. The molecule has 1 fully saturated rings. The van der Waals surface area contributed by atoms with Gasteiger partial charge in [-0.15, -0.1) is 0 Å². The fraction of sp³-hybridized carbons (Fsp3) is 0.733. The molecule has 0 aliphatic carbocycles. The van der Waals surface area contributed by atoms with Crippen molar-refractivity contribution in [3.05, 3.63) is 17.0 Å². The number of fused-ring (bicyclic) bond motifs is 1. The third-order valence-corrected chi connectivity index (χ3v) is 4.02. The number of nitrogens with one attached hydrogen (secondary N) is 1. The number of hydrogen-bond acceptors (Lipinski definition) is 4. The Hall–Kier alpha value is -1.56. The summed E-state index contributed by atoms with van der Waals surface area (Å²) in [5, 5.41) is 8.08. The van der Waals surface area contributed by atoms with Gasteiger partial charge in [0.15, 0.2) is 0 Å². The molecule has 3 heterocycles. The van der Waals surface area contributed by atoms with Crippen molar-refractivity contribution >= 4 is 6.09 Å². The number of nitrogens with zero attached hydrogens (tertiary/aromatic N) is 3. The summed E-state index contributed by atoms with van der Waals surface area (Å²) < 4.78 is 7.50. The first-order valence-corrected chi connectivity index (χ1v) is 7.60. The number of aryl methyl sites for hydroxylation is 1. The van der Waals surface area contributed by atoms with Gasteiger partial charge in [-0.2, -0.15) is 5.10 Å². The SMILES string of the molecule is Cc1nn(C2CN(C(=O)OC(C)(C)C)C2)c2c1CCNC2. The van der Waals surface area contributed by atoms with Crippen LogP contribution in [-0.4, -0.2) is 46.0 Å². The Morgan fingerprint density at radius 2 is 2.10 bits per heavy atom. The molecule has 2 aliphatic rings. The standard InChI is InChI=1S/C15H24N4O2/c1-10-12-5-6-16-7-13(12)19(17-10)11-8-18(9-11)14(20)21-15(2,3)4/h11,16H,5-9H2,1-4H3. The quantitative estimate of drug-likeness (QED) is 0.854. The molecule has 6 nitrogen and oxygen atoms in total. The Kier molecular flexibility index (Phi) is 3.43. The number of aromatic nitrogens is 2. The topological polar surface area (TPSA) is 59.4 Å². The zero-order chi connectivity index (χ0) is 15.2. The van der Waals surface area contributed by atoms with Crippen LogP contribution in [0.15, 0.2) is 0 Å². The van der Waals surface area contributed by atoms with Crippen molar-refractivity contribution in [3.63, 3.8) is 0 Å². The van der Waals surface area contributed by atoms with Crippen LogP contribution in [0.1, 0.15) is 43.8 Å². The number of rotatable bonds is 1. The molecule has 1 N–H and O–H groups in total. The lowest BCUT2D eigenvalue weighted by Crippen LogP contribution is -2.53. The van der Waals surface area contributed by atoms with E-state index in [4.69, 9.17) is 4.74 Å². The predicted octanol–water partition coefficient (Wildman–Crippen LogP) is 1.63. The summed E-state index contributed by atoms with van der Waals surface area (Å²) in [5.41, 5.74) is 3.35. The third kappa shape index (κ3) is 2.77. The molecular weight excluding hydrogens is 268 g/mol. The first kappa shape index (κ1) is 14.4. The smallest absolute Gasteiger partial charge is 0.410 e. The van der Waals surface area contributed by atoms with Crippen molar-refractivity contribution in [1.29, 1.82) is 0 Å². The number of carbonyl (C=O) groups is 1. The molecule has 1 aromatic heterocycles. The van der Waals surface area contributed by atoms with Gasteiger partial charge in [0.05, 0.1) is 17.4 Å². The highest BCUT2D eigenvalue weighted by atomic mass is 16.6. The molecule has 0 radical (unpaired) electrons. The first-order chi connectivity index (χ1) is 9.85. The molecule has 0 atom stereocenters. The van der Waals surface area contributed by atoms with Gasteiger partial charge in [0.1, 0.15) is 5.60 Å². The highest BCUT2D eigenvalue weighted by molar-refractivity contribution is 5.69. The number of ether oxygens (including phenoxy) is 1. The van der Waals surface area contributed by atoms with Gasteiger partial charge in [0.25, 0.3) is 0 Å². The maximum atomic E-state index is 12.0. The molecule has 0 aromatic carbocycles. The Morgan fingerprint density at radius 3 is 2.76 bits per heavy atom. The second-order valence-electron chi connectivity index (χ2n) is 6.92. The third-order valence-electron chi connectivity index (χ3n) is 4.02. The Morgan fingerprint density at radius 1 is 1.38 bits per heavy atom. The highest BCUT2D eigenvalue weighted by Gasteiger charge is 2.37. The Balaban J connectivity index is 1.66. The van der Waals surface area contributed by atoms with Gasteiger partial charge < -0.3 is 15.0 Å². The summed E-state index contributed by atoms with van der Waals surface area (Å²) in [6.45, 7) is 11.0. The monoisotopic (exact) mass is 292 g/mol. The summed E-state index contributed by atoms with van der Waals surface area (Å²) in [4.78, 5) is 13.7. The summed E-state index contributed by atoms with van der Waals surface area (Å²) in [6.07, 6.45) is 0.818. The minimum Gasteiger partial charge on any atom is -0.444 e. The molecule has 21 heavy (non-hydrogen) atoms. The molecule has 1 aromatic rings. The fourth-order valence-corrected chi connectivity index (χ4v) is 2.95. The van der Waals surface area contributed by atoms with E-state index >= 15 is 0 Å². The van der Waals surface area contributed by atoms with Gasteiger partial charge in [-0.25, -0.2) is 4.79 Å². The lowest BCUT2D eigenvalue weighted by molar-refractivity contribution is -0.000844. The molecule has 3 rings (SSSR count). The van der Waals surface area contributed by atoms with Crippen LogP contribution in [0.3, 0.4) is 0 Å². The molecule has 6 heteroatoms. The molecule has 1 amide bonds. The van der Waals surface area contributed by atoms with Crippen LogP contribution in [0.5, 0.6) is 0 Å². The number of hydrogen-bond donors (Lipinski definition) is 1. The second-order valence-corrected chi connectivity index (χ2v) is 6.92. The summed E-state index contributed by atoms with van der Waals surface area (Å²) >= 11 is 0. The molecule has 0 unspecified atom stereocenters. The van der Waals surface area contributed by atoms with Crippen LogP contribution in [0.25, 0.3) is 0 Å². The number of carbonyl (C=O) groups excluding carboxylic acids is 1. The fourth-order valence-electron chi connectivity index (χ4n) is 2.95. The van der Waals surface area contributed by atoms with Crippen LogP contribution in [0, 0.1) is 6.92 Å². The molecule has 1 saturated heterocycles. The van der Waals surface area contributed by atoms with E-state index in [0.29, 0.717) is 13.1 Å². The molecule has 0 spiro atoms. The van der Waals surface area contributed by atoms with Crippen molar-refractivity contribution in [2.24, 2.45) is 0 Å². The van der Waals surface area contributed by atoms with Crippen molar-refractivity contribution in [2.45, 2.75) is 52.3 Å². The molecular formula is C15H24N4O2.